The molecule has 3 aromatic rings. The van der Waals surface area contributed by atoms with Crippen molar-refractivity contribution in [3.63, 3.8) is 0 Å². The van der Waals surface area contributed by atoms with Gasteiger partial charge in [0.25, 0.3) is 0 Å². The molecule has 0 aliphatic carbocycles. The van der Waals surface area contributed by atoms with Gasteiger partial charge in [-0.2, -0.15) is 0 Å². The van der Waals surface area contributed by atoms with Gasteiger partial charge in [0.15, 0.2) is 5.70 Å². The molecule has 0 atom stereocenters. The Morgan fingerprint density at radius 2 is 1.77 bits per heavy atom. The molecule has 4 rings (SSSR count). The van der Waals surface area contributed by atoms with E-state index in [0.29, 0.717) is 12.5 Å². The Bertz CT molecular complexity index is 1030. The molecule has 0 aromatic heterocycles. The minimum atomic E-state index is -0.443. The van der Waals surface area contributed by atoms with Crippen molar-refractivity contribution in [1.29, 1.82) is 0 Å². The second kappa shape index (κ2) is 6.84. The zero-order valence-corrected chi connectivity index (χ0v) is 14.3. The van der Waals surface area contributed by atoms with E-state index in [1.54, 1.807) is 6.08 Å². The van der Waals surface area contributed by atoms with Gasteiger partial charge < -0.3 is 9.47 Å². The minimum absolute atomic E-state index is 0.289. The molecule has 1 aliphatic rings. The molecular weight excluding hydrogens is 326 g/mol. The number of aliphatic imine (C=N–C) groups is 1. The maximum absolute atomic E-state index is 12.2. The molecule has 0 spiro atoms. The van der Waals surface area contributed by atoms with Crippen LogP contribution in [0.5, 0.6) is 5.75 Å². The van der Waals surface area contributed by atoms with E-state index in [9.17, 15) is 4.79 Å². The number of carbonyl (C=O) groups excluding carboxylic acids is 1. The fourth-order valence-corrected chi connectivity index (χ4v) is 2.92. The number of nitrogens with zero attached hydrogens (tertiary/aromatic N) is 1. The summed E-state index contributed by atoms with van der Waals surface area (Å²) in [6.45, 7) is 2.55. The standard InChI is InChI=1S/C22H17NO3/c1-2-25-17-12-10-15(11-13-17)14-20-22(24)26-21(23-20)19-9-5-7-16-6-3-4-8-18(16)19/h3-14H,2H2,1H3/b20-14-. The quantitative estimate of drug-likeness (QED) is 0.514. The summed E-state index contributed by atoms with van der Waals surface area (Å²) in [6.07, 6.45) is 1.72. The first-order chi connectivity index (χ1) is 12.7. The SMILES string of the molecule is CCOc1ccc(/C=C2\N=C(c3cccc4ccccc34)OC2=O)cc1. The van der Waals surface area contributed by atoms with Gasteiger partial charge in [-0.1, -0.05) is 48.5 Å². The Morgan fingerprint density at radius 1 is 1.00 bits per heavy atom. The summed E-state index contributed by atoms with van der Waals surface area (Å²) in [5.41, 5.74) is 1.96. The zero-order valence-electron chi connectivity index (χ0n) is 14.3. The molecular formula is C22H17NO3. The summed E-state index contributed by atoms with van der Waals surface area (Å²) < 4.78 is 10.8. The first-order valence-electron chi connectivity index (χ1n) is 8.48. The van der Waals surface area contributed by atoms with E-state index < -0.39 is 5.97 Å². The van der Waals surface area contributed by atoms with Crippen LogP contribution in [0.15, 0.2) is 77.4 Å². The lowest BCUT2D eigenvalue weighted by Gasteiger charge is -2.04. The Labute approximate surface area is 151 Å². The van der Waals surface area contributed by atoms with E-state index in [4.69, 9.17) is 9.47 Å². The van der Waals surface area contributed by atoms with Crippen LogP contribution in [0.25, 0.3) is 16.8 Å². The third-order valence-corrected chi connectivity index (χ3v) is 4.14. The Hall–Kier alpha value is -3.40. The van der Waals surface area contributed by atoms with Gasteiger partial charge in [-0.25, -0.2) is 9.79 Å². The van der Waals surface area contributed by atoms with Crippen molar-refractivity contribution in [2.24, 2.45) is 4.99 Å². The van der Waals surface area contributed by atoms with E-state index in [0.717, 1.165) is 27.6 Å². The molecule has 3 aromatic carbocycles. The summed E-state index contributed by atoms with van der Waals surface area (Å²) in [5.74, 6) is 0.689. The molecule has 0 radical (unpaired) electrons. The van der Waals surface area contributed by atoms with Gasteiger partial charge in [0, 0.05) is 5.56 Å². The average molecular weight is 343 g/mol. The first-order valence-corrected chi connectivity index (χ1v) is 8.48. The molecule has 0 saturated carbocycles. The van der Waals surface area contributed by atoms with E-state index in [2.05, 4.69) is 4.99 Å². The maximum atomic E-state index is 12.2. The summed E-state index contributed by atoms with van der Waals surface area (Å²) in [6, 6.07) is 21.3. The van der Waals surface area contributed by atoms with Crippen LogP contribution in [0, 0.1) is 0 Å². The summed E-state index contributed by atoms with van der Waals surface area (Å²) in [5, 5.41) is 2.08. The smallest absolute Gasteiger partial charge is 0.363 e. The first kappa shape index (κ1) is 16.1. The van der Waals surface area contributed by atoms with Crippen LogP contribution in [-0.2, 0) is 9.53 Å². The lowest BCUT2D eigenvalue weighted by Crippen LogP contribution is -2.05. The molecule has 4 heteroatoms. The highest BCUT2D eigenvalue weighted by molar-refractivity contribution is 6.17. The van der Waals surface area contributed by atoms with Crippen LogP contribution in [0.4, 0.5) is 0 Å². The molecule has 128 valence electrons. The normalized spacial score (nSPS) is 15.2. The van der Waals surface area contributed by atoms with Crippen molar-refractivity contribution in [2.45, 2.75) is 6.92 Å². The van der Waals surface area contributed by atoms with Gasteiger partial charge in [0.05, 0.1) is 6.61 Å². The highest BCUT2D eigenvalue weighted by Crippen LogP contribution is 2.25. The molecule has 1 aliphatic heterocycles. The lowest BCUT2D eigenvalue weighted by molar-refractivity contribution is -0.129. The maximum Gasteiger partial charge on any atom is 0.363 e. The lowest BCUT2D eigenvalue weighted by atomic mass is 10.0. The van der Waals surface area contributed by atoms with Crippen molar-refractivity contribution >= 4 is 28.7 Å². The molecule has 4 nitrogen and oxygen atoms in total. The molecule has 0 unspecified atom stereocenters. The second-order valence-corrected chi connectivity index (χ2v) is 5.86. The number of cyclic esters (lactones) is 1. The molecule has 0 fully saturated rings. The van der Waals surface area contributed by atoms with Crippen molar-refractivity contribution in [1.82, 2.24) is 0 Å². The third-order valence-electron chi connectivity index (χ3n) is 4.14. The van der Waals surface area contributed by atoms with E-state index in [-0.39, 0.29) is 5.70 Å². The minimum Gasteiger partial charge on any atom is -0.494 e. The molecule has 1 heterocycles. The number of hydrogen-bond donors (Lipinski definition) is 0. The second-order valence-electron chi connectivity index (χ2n) is 5.86. The Kier molecular flexibility index (Phi) is 4.23. The largest absolute Gasteiger partial charge is 0.494 e. The number of hydrogen-bond acceptors (Lipinski definition) is 4. The van der Waals surface area contributed by atoms with Gasteiger partial charge in [-0.3, -0.25) is 0 Å². The number of carbonyl (C=O) groups is 1. The average Bonchev–Trinajstić information content (AvgIpc) is 3.03. The van der Waals surface area contributed by atoms with Gasteiger partial charge in [0.2, 0.25) is 5.90 Å². The van der Waals surface area contributed by atoms with Crippen LogP contribution < -0.4 is 4.74 Å². The predicted molar refractivity (Wildman–Crippen MR) is 102 cm³/mol. The van der Waals surface area contributed by atoms with Gasteiger partial charge in [-0.15, -0.1) is 0 Å². The van der Waals surface area contributed by atoms with Gasteiger partial charge >= 0.3 is 5.97 Å². The number of esters is 1. The zero-order chi connectivity index (χ0) is 17.9. The van der Waals surface area contributed by atoms with Crippen molar-refractivity contribution in [2.75, 3.05) is 6.61 Å². The van der Waals surface area contributed by atoms with Crippen molar-refractivity contribution in [3.8, 4) is 5.75 Å². The molecule has 0 saturated heterocycles. The monoisotopic (exact) mass is 343 g/mol. The van der Waals surface area contributed by atoms with E-state index in [1.165, 1.54) is 0 Å². The summed E-state index contributed by atoms with van der Waals surface area (Å²) >= 11 is 0. The van der Waals surface area contributed by atoms with Gasteiger partial charge in [0.1, 0.15) is 5.75 Å². The molecule has 0 N–H and O–H groups in total. The predicted octanol–water partition coefficient (Wildman–Crippen LogP) is 4.58. The summed E-state index contributed by atoms with van der Waals surface area (Å²) in [4.78, 5) is 16.7. The summed E-state index contributed by atoms with van der Waals surface area (Å²) in [7, 11) is 0. The van der Waals surface area contributed by atoms with E-state index in [1.807, 2.05) is 73.7 Å². The Balaban J connectivity index is 1.68. The Morgan fingerprint density at radius 3 is 2.58 bits per heavy atom. The van der Waals surface area contributed by atoms with Crippen LogP contribution in [0.1, 0.15) is 18.1 Å². The van der Waals surface area contributed by atoms with Crippen molar-refractivity contribution < 1.29 is 14.3 Å². The highest BCUT2D eigenvalue weighted by atomic mass is 16.6. The third kappa shape index (κ3) is 3.09. The van der Waals surface area contributed by atoms with Crippen LogP contribution in [0.2, 0.25) is 0 Å². The van der Waals surface area contributed by atoms with Crippen LogP contribution >= 0.6 is 0 Å². The topological polar surface area (TPSA) is 47.9 Å². The number of ether oxygens (including phenoxy) is 2. The van der Waals surface area contributed by atoms with Gasteiger partial charge in [-0.05, 0) is 47.5 Å². The highest BCUT2D eigenvalue weighted by Gasteiger charge is 2.25. The van der Waals surface area contributed by atoms with Crippen LogP contribution in [-0.4, -0.2) is 18.5 Å². The van der Waals surface area contributed by atoms with E-state index >= 15 is 0 Å². The fraction of sp³-hybridized carbons (Fsp3) is 0.0909. The molecule has 0 amide bonds. The molecule has 26 heavy (non-hydrogen) atoms. The molecule has 0 bridgehead atoms. The number of fused-ring (bicyclic) bond motifs is 1. The van der Waals surface area contributed by atoms with Crippen LogP contribution in [0.3, 0.4) is 0 Å². The number of rotatable bonds is 4. The van der Waals surface area contributed by atoms with Crippen molar-refractivity contribution in [3.05, 3.63) is 83.6 Å². The fourth-order valence-electron chi connectivity index (χ4n) is 2.92. The number of benzene rings is 3.